The predicted molar refractivity (Wildman–Crippen MR) is 306 cm³/mol. The molecule has 390 valence electrons. The van der Waals surface area contributed by atoms with Gasteiger partial charge in [0.15, 0.2) is 0 Å². The summed E-state index contributed by atoms with van der Waals surface area (Å²) in [4.78, 5) is 38.0. The van der Waals surface area contributed by atoms with Crippen LogP contribution in [0.25, 0.3) is 0 Å². The Morgan fingerprint density at radius 1 is 0.387 bits per heavy atom. The second-order valence-corrected chi connectivity index (χ2v) is 23.0. The van der Waals surface area contributed by atoms with Gasteiger partial charge in [0, 0.05) is 47.9 Å². The van der Waals surface area contributed by atoms with Crippen molar-refractivity contribution in [2.24, 2.45) is 16.2 Å². The molecule has 9 atom stereocenters. The Hall–Kier alpha value is -5.31. The van der Waals surface area contributed by atoms with E-state index in [0.717, 1.165) is 33.4 Å². The van der Waals surface area contributed by atoms with Gasteiger partial charge in [0.1, 0.15) is 18.3 Å². The molecule has 0 bridgehead atoms. The summed E-state index contributed by atoms with van der Waals surface area (Å²) in [6, 6.07) is 45.6. The Kier molecular flexibility index (Phi) is 19.3. The highest BCUT2D eigenvalue weighted by molar-refractivity contribution is 6.32. The van der Waals surface area contributed by atoms with E-state index in [-0.39, 0.29) is 54.0 Å². The molecule has 6 aromatic rings. The lowest BCUT2D eigenvalue weighted by molar-refractivity contribution is -0.172. The molecule has 3 heterocycles. The number of carbonyl (C=O) groups excluding carboxylic acids is 3. The number of benzene rings is 6. The maximum absolute atomic E-state index is 12.7. The van der Waals surface area contributed by atoms with Gasteiger partial charge in [-0.25, -0.2) is 0 Å². The van der Waals surface area contributed by atoms with Crippen LogP contribution in [0.2, 0.25) is 30.1 Å². The van der Waals surface area contributed by atoms with Crippen molar-refractivity contribution in [3.63, 3.8) is 0 Å². The summed E-state index contributed by atoms with van der Waals surface area (Å²) in [5.74, 6) is -0.519. The molecule has 9 rings (SSSR count). The third-order valence-corrected chi connectivity index (χ3v) is 16.0. The molecule has 12 heteroatoms. The summed E-state index contributed by atoms with van der Waals surface area (Å²) < 4.78 is 17.7. The van der Waals surface area contributed by atoms with Gasteiger partial charge in [-0.15, -0.1) is 19.7 Å². The maximum atomic E-state index is 12.7. The van der Waals surface area contributed by atoms with Gasteiger partial charge in [-0.05, 0) is 165 Å². The zero-order chi connectivity index (χ0) is 54.1. The molecule has 0 radical (unpaired) electrons. The van der Waals surface area contributed by atoms with Crippen molar-refractivity contribution < 1.29 is 28.6 Å². The fraction of sp³-hybridized carbons (Fsp3) is 0.286. The second-order valence-electron chi connectivity index (χ2n) is 20.4. The standard InChI is InChI=1S/3C21H20Cl2O2/c3*1-3-11-21(2)13-18(15-5-4-6-17(23)12-15)19(25-20(21)24)14-7-9-16(22)10-8-14/h3*3-10,12,18-19H,1,11,13H2,2H3/t18-,19?,21+;2*18-,19+,21+/m110/s1. The summed E-state index contributed by atoms with van der Waals surface area (Å²) in [6.45, 7) is 17.2. The first kappa shape index (κ1) is 57.4. The van der Waals surface area contributed by atoms with Gasteiger partial charge in [0.05, 0.1) is 16.2 Å². The molecule has 3 fully saturated rings. The Morgan fingerprint density at radius 2 is 0.627 bits per heavy atom. The number of halogens is 6. The van der Waals surface area contributed by atoms with Gasteiger partial charge in [-0.3, -0.25) is 14.4 Å². The number of ether oxygens (including phenoxy) is 3. The van der Waals surface area contributed by atoms with Gasteiger partial charge in [-0.1, -0.05) is 161 Å². The monoisotopic (exact) mass is 1120 g/mol. The van der Waals surface area contributed by atoms with Crippen LogP contribution in [0.1, 0.15) is 129 Å². The van der Waals surface area contributed by atoms with E-state index in [1.54, 1.807) is 18.2 Å². The van der Waals surface area contributed by atoms with Crippen molar-refractivity contribution in [2.75, 3.05) is 0 Å². The molecular formula is C63H60Cl6O6. The first-order valence-electron chi connectivity index (χ1n) is 24.8. The van der Waals surface area contributed by atoms with E-state index in [1.165, 1.54) is 0 Å². The number of allylic oxidation sites excluding steroid dienone is 3. The summed E-state index contributed by atoms with van der Waals surface area (Å²) in [7, 11) is 0. The van der Waals surface area contributed by atoms with E-state index in [0.29, 0.717) is 68.7 Å². The van der Waals surface area contributed by atoms with E-state index < -0.39 is 16.2 Å². The number of esters is 3. The van der Waals surface area contributed by atoms with Crippen molar-refractivity contribution in [3.8, 4) is 0 Å². The van der Waals surface area contributed by atoms with Crippen LogP contribution < -0.4 is 0 Å². The number of cyclic esters (lactones) is 3. The average Bonchev–Trinajstić information content (AvgIpc) is 3.38. The molecule has 1 unspecified atom stereocenters. The molecule has 0 saturated carbocycles. The van der Waals surface area contributed by atoms with Crippen LogP contribution in [0.3, 0.4) is 0 Å². The fourth-order valence-electron chi connectivity index (χ4n) is 10.5. The second kappa shape index (κ2) is 25.2. The molecule has 0 aromatic heterocycles. The van der Waals surface area contributed by atoms with Crippen molar-refractivity contribution >= 4 is 87.5 Å². The minimum absolute atomic E-state index is 0.0162. The molecule has 3 aliphatic heterocycles. The Morgan fingerprint density at radius 3 is 0.840 bits per heavy atom. The number of carbonyl (C=O) groups is 3. The lowest BCUT2D eigenvalue weighted by Gasteiger charge is -2.41. The molecule has 0 amide bonds. The van der Waals surface area contributed by atoms with E-state index >= 15 is 0 Å². The van der Waals surface area contributed by atoms with Crippen LogP contribution in [0, 0.1) is 16.2 Å². The lowest BCUT2D eigenvalue weighted by atomic mass is 9.71. The number of rotatable bonds is 12. The van der Waals surface area contributed by atoms with E-state index in [9.17, 15) is 14.4 Å². The first-order valence-corrected chi connectivity index (χ1v) is 27.0. The zero-order valence-electron chi connectivity index (χ0n) is 42.1. The Labute approximate surface area is 471 Å². The zero-order valence-corrected chi connectivity index (χ0v) is 46.7. The number of hydrogen-bond acceptors (Lipinski definition) is 6. The number of hydrogen-bond donors (Lipinski definition) is 0. The predicted octanol–water partition coefficient (Wildman–Crippen LogP) is 19.0. The minimum atomic E-state index is -0.586. The molecule has 3 aliphatic rings. The summed E-state index contributed by atoms with van der Waals surface area (Å²) >= 11 is 36.6. The highest BCUT2D eigenvalue weighted by Crippen LogP contribution is 2.53. The summed E-state index contributed by atoms with van der Waals surface area (Å²) in [6.07, 6.45) is 8.01. The molecule has 0 N–H and O–H groups in total. The van der Waals surface area contributed by atoms with Crippen LogP contribution in [0.4, 0.5) is 0 Å². The van der Waals surface area contributed by atoms with Crippen LogP contribution >= 0.6 is 69.6 Å². The van der Waals surface area contributed by atoms with E-state index in [1.807, 2.05) is 166 Å². The third-order valence-electron chi connectivity index (χ3n) is 14.5. The van der Waals surface area contributed by atoms with Crippen LogP contribution in [0.15, 0.2) is 184 Å². The highest BCUT2D eigenvalue weighted by Gasteiger charge is 2.49. The van der Waals surface area contributed by atoms with E-state index in [4.69, 9.17) is 83.8 Å². The van der Waals surface area contributed by atoms with Crippen LogP contribution in [-0.4, -0.2) is 17.9 Å². The topological polar surface area (TPSA) is 78.9 Å². The molecule has 6 nitrogen and oxygen atoms in total. The van der Waals surface area contributed by atoms with Gasteiger partial charge in [-0.2, -0.15) is 0 Å². The molecule has 0 spiro atoms. The van der Waals surface area contributed by atoms with Gasteiger partial charge >= 0.3 is 17.9 Å². The van der Waals surface area contributed by atoms with Crippen molar-refractivity contribution in [3.05, 3.63) is 247 Å². The maximum Gasteiger partial charge on any atom is 0.312 e. The minimum Gasteiger partial charge on any atom is -0.456 e. The molecule has 6 aromatic carbocycles. The van der Waals surface area contributed by atoms with Crippen LogP contribution in [0.5, 0.6) is 0 Å². The smallest absolute Gasteiger partial charge is 0.312 e. The SMILES string of the molecule is C=CC[C@@]1(C)C[C@H](c2cccc(Cl)c2)C(c2ccc(Cl)cc2)OC1=O.C=CC[C@@]1(C)C[C@H](c2cccc(Cl)c2)[C@H](c2ccc(Cl)cc2)OC1=O.C=CC[C@]1(C)C[C@@H](c2cccc(Cl)c2)[C@@H](c2ccc(Cl)cc2)OC1=O. The quantitative estimate of drug-likeness (QED) is 0.0690. The molecule has 0 aliphatic carbocycles. The van der Waals surface area contributed by atoms with Gasteiger partial charge in [0.25, 0.3) is 0 Å². The van der Waals surface area contributed by atoms with Gasteiger partial charge < -0.3 is 14.2 Å². The van der Waals surface area contributed by atoms with Crippen molar-refractivity contribution in [1.29, 1.82) is 0 Å². The summed E-state index contributed by atoms with van der Waals surface area (Å²) in [5, 5.41) is 3.99. The molecule has 3 saturated heterocycles. The molecular weight excluding hydrogens is 1070 g/mol. The fourth-order valence-corrected chi connectivity index (χ4v) is 11.4. The lowest BCUT2D eigenvalue weighted by Crippen LogP contribution is -2.39. The van der Waals surface area contributed by atoms with Crippen molar-refractivity contribution in [1.82, 2.24) is 0 Å². The highest BCUT2D eigenvalue weighted by atomic mass is 35.5. The van der Waals surface area contributed by atoms with Gasteiger partial charge in [0.2, 0.25) is 0 Å². The summed E-state index contributed by atoms with van der Waals surface area (Å²) in [5.41, 5.74) is 4.24. The average molecular weight is 1130 g/mol. The first-order chi connectivity index (χ1) is 35.8. The Bertz CT molecular complexity index is 2680. The van der Waals surface area contributed by atoms with E-state index in [2.05, 4.69) is 19.7 Å². The van der Waals surface area contributed by atoms with Crippen molar-refractivity contribution in [2.45, 2.75) is 95.4 Å². The largest absolute Gasteiger partial charge is 0.456 e. The molecule has 75 heavy (non-hydrogen) atoms. The Balaban J connectivity index is 0.000000164. The normalized spacial score (nSPS) is 26.1. The van der Waals surface area contributed by atoms with Crippen LogP contribution in [-0.2, 0) is 28.6 Å². The third kappa shape index (κ3) is 14.0.